The van der Waals surface area contributed by atoms with Gasteiger partial charge in [0, 0.05) is 40.8 Å². The molecule has 0 unspecified atom stereocenters. The maximum atomic E-state index is 11.3. The van der Waals surface area contributed by atoms with Gasteiger partial charge in [-0.15, -0.1) is 0 Å². The minimum atomic E-state index is -0.370. The molecule has 0 amide bonds. The van der Waals surface area contributed by atoms with Crippen molar-refractivity contribution < 1.29 is 28.2 Å². The molecule has 1 aromatic carbocycles. The van der Waals surface area contributed by atoms with Crippen LogP contribution in [0.4, 0.5) is 0 Å². The molecule has 2 heterocycles. The third-order valence-corrected chi connectivity index (χ3v) is 4.22. The van der Waals surface area contributed by atoms with Gasteiger partial charge in [0.25, 0.3) is 13.5 Å². The molecule has 0 radical (unpaired) electrons. The smallest absolute Gasteiger partial charge is 0.337 e. The highest BCUT2D eigenvalue weighted by atomic mass is 16.5. The second-order valence-corrected chi connectivity index (χ2v) is 7.11. The number of aryl methyl sites for hydroxylation is 1. The first-order valence-electron chi connectivity index (χ1n) is 9.76. The SMILES string of the molecule is C=C(C)C(=O)OC[n+]1ccc(C)cc1.C=C(C)C(=O)OC[n+]1cccc2ccccc21. The summed E-state index contributed by atoms with van der Waals surface area (Å²) >= 11 is 0. The number of nitrogens with zero attached hydrogens (tertiary/aromatic N) is 2. The maximum Gasteiger partial charge on any atom is 0.337 e. The quantitative estimate of drug-likeness (QED) is 0.348. The molecule has 3 aromatic rings. The molecule has 0 saturated heterocycles. The molecular formula is C25H28N2O4+2. The Hall–Kier alpha value is -3.80. The first-order valence-corrected chi connectivity index (χ1v) is 9.76. The Bertz CT molecular complexity index is 1080. The number of carbonyl (C=O) groups is 2. The fourth-order valence-electron chi connectivity index (χ4n) is 2.46. The number of fused-ring (bicyclic) bond motifs is 1. The molecule has 0 fully saturated rings. The Morgan fingerprint density at radius 3 is 1.97 bits per heavy atom. The summed E-state index contributed by atoms with van der Waals surface area (Å²) in [5.41, 5.74) is 3.03. The van der Waals surface area contributed by atoms with Gasteiger partial charge in [-0.05, 0) is 38.5 Å². The highest BCUT2D eigenvalue weighted by Gasteiger charge is 2.10. The molecule has 6 nitrogen and oxygen atoms in total. The molecule has 0 aliphatic rings. The van der Waals surface area contributed by atoms with E-state index >= 15 is 0 Å². The summed E-state index contributed by atoms with van der Waals surface area (Å²) in [5.74, 6) is -0.733. The van der Waals surface area contributed by atoms with Gasteiger partial charge < -0.3 is 9.47 Å². The van der Waals surface area contributed by atoms with Crippen LogP contribution in [0.5, 0.6) is 0 Å². The molecule has 2 aromatic heterocycles. The number of ether oxygens (including phenoxy) is 2. The number of pyridine rings is 2. The molecule has 0 bridgehead atoms. The van der Waals surface area contributed by atoms with E-state index in [4.69, 9.17) is 9.47 Å². The number of aromatic nitrogens is 2. The predicted octanol–water partition coefficient (Wildman–Crippen LogP) is 3.56. The molecule has 3 rings (SSSR count). The Kier molecular flexibility index (Phi) is 8.64. The van der Waals surface area contributed by atoms with Crippen molar-refractivity contribution in [3.05, 3.63) is 97.0 Å². The summed E-state index contributed by atoms with van der Waals surface area (Å²) in [6.07, 6.45) is 5.61. The van der Waals surface area contributed by atoms with Crippen molar-refractivity contribution in [1.29, 1.82) is 0 Å². The summed E-state index contributed by atoms with van der Waals surface area (Å²) in [4.78, 5) is 22.4. The number of hydrogen-bond acceptors (Lipinski definition) is 4. The molecule has 31 heavy (non-hydrogen) atoms. The van der Waals surface area contributed by atoms with Gasteiger partial charge in [0.15, 0.2) is 18.6 Å². The average Bonchev–Trinajstić information content (AvgIpc) is 2.77. The molecule has 0 atom stereocenters. The molecular weight excluding hydrogens is 392 g/mol. The number of carbonyl (C=O) groups excluding carboxylic acids is 2. The van der Waals surface area contributed by atoms with E-state index in [1.807, 2.05) is 78.6 Å². The van der Waals surface area contributed by atoms with Crippen LogP contribution in [0.3, 0.4) is 0 Å². The summed E-state index contributed by atoms with van der Waals surface area (Å²) in [6, 6.07) is 15.8. The van der Waals surface area contributed by atoms with Crippen molar-refractivity contribution in [1.82, 2.24) is 0 Å². The van der Waals surface area contributed by atoms with Gasteiger partial charge in [-0.1, -0.05) is 25.3 Å². The maximum absolute atomic E-state index is 11.3. The lowest BCUT2D eigenvalue weighted by molar-refractivity contribution is -0.727. The third kappa shape index (κ3) is 7.51. The van der Waals surface area contributed by atoms with Gasteiger partial charge in [0.1, 0.15) is 0 Å². The van der Waals surface area contributed by atoms with Gasteiger partial charge in [0.05, 0.1) is 0 Å². The van der Waals surface area contributed by atoms with Crippen molar-refractivity contribution in [3.8, 4) is 0 Å². The van der Waals surface area contributed by atoms with Crippen LogP contribution in [0.2, 0.25) is 0 Å². The van der Waals surface area contributed by atoms with Crippen LogP contribution in [0.1, 0.15) is 19.4 Å². The van der Waals surface area contributed by atoms with Gasteiger partial charge >= 0.3 is 11.9 Å². The van der Waals surface area contributed by atoms with E-state index in [-0.39, 0.29) is 25.4 Å². The summed E-state index contributed by atoms with van der Waals surface area (Å²) in [7, 11) is 0. The zero-order chi connectivity index (χ0) is 22.8. The standard InChI is InChI=1S/C14H14NO2.C11H14NO2/c1-11(2)14(16)17-10-15-9-5-7-12-6-3-4-8-13(12)15;1-9(2)11(13)14-8-12-6-4-10(3)5-7-12/h3-9H,1,10H2,2H3;4-7H,1,8H2,2-3H3/q2*+1. The molecule has 6 heteroatoms. The van der Waals surface area contributed by atoms with Gasteiger partial charge in [-0.25, -0.2) is 9.59 Å². The lowest BCUT2D eigenvalue weighted by Crippen LogP contribution is -2.36. The highest BCUT2D eigenvalue weighted by Crippen LogP contribution is 2.07. The Morgan fingerprint density at radius 2 is 1.35 bits per heavy atom. The van der Waals surface area contributed by atoms with E-state index in [0.29, 0.717) is 11.1 Å². The largest absolute Gasteiger partial charge is 0.401 e. The number of benzene rings is 1. The van der Waals surface area contributed by atoms with Crippen LogP contribution in [0.25, 0.3) is 10.9 Å². The number of rotatable bonds is 6. The van der Waals surface area contributed by atoms with Crippen LogP contribution in [-0.4, -0.2) is 11.9 Å². The first kappa shape index (κ1) is 23.5. The van der Waals surface area contributed by atoms with Gasteiger partial charge in [-0.2, -0.15) is 9.13 Å². The number of esters is 2. The average molecular weight is 421 g/mol. The van der Waals surface area contributed by atoms with Crippen LogP contribution < -0.4 is 9.13 Å². The zero-order valence-electron chi connectivity index (χ0n) is 18.2. The van der Waals surface area contributed by atoms with Crippen molar-refractivity contribution in [2.24, 2.45) is 0 Å². The van der Waals surface area contributed by atoms with Crippen LogP contribution in [0, 0.1) is 6.92 Å². The van der Waals surface area contributed by atoms with Crippen molar-refractivity contribution in [3.63, 3.8) is 0 Å². The molecule has 0 aliphatic heterocycles. The molecule has 0 saturated carbocycles. The predicted molar refractivity (Wildman–Crippen MR) is 117 cm³/mol. The fourth-order valence-corrected chi connectivity index (χ4v) is 2.46. The summed E-state index contributed by atoms with van der Waals surface area (Å²) in [5, 5.41) is 1.11. The summed E-state index contributed by atoms with van der Waals surface area (Å²) in [6.45, 7) is 12.7. The zero-order valence-corrected chi connectivity index (χ0v) is 18.2. The number of hydrogen-bond donors (Lipinski definition) is 0. The topological polar surface area (TPSA) is 60.4 Å². The van der Waals surface area contributed by atoms with Crippen molar-refractivity contribution >= 4 is 22.8 Å². The summed E-state index contributed by atoms with van der Waals surface area (Å²) < 4.78 is 13.7. The van der Waals surface area contributed by atoms with Gasteiger partial charge in [0.2, 0.25) is 5.52 Å². The van der Waals surface area contributed by atoms with Crippen LogP contribution >= 0.6 is 0 Å². The molecule has 0 spiro atoms. The van der Waals surface area contributed by atoms with Crippen molar-refractivity contribution in [2.45, 2.75) is 34.2 Å². The Morgan fingerprint density at radius 1 is 0.806 bits per heavy atom. The van der Waals surface area contributed by atoms with E-state index in [2.05, 4.69) is 13.2 Å². The molecule has 0 aliphatic carbocycles. The number of para-hydroxylation sites is 1. The van der Waals surface area contributed by atoms with Crippen molar-refractivity contribution in [2.75, 3.05) is 0 Å². The Balaban J connectivity index is 0.000000225. The molecule has 0 N–H and O–H groups in total. The minimum absolute atomic E-state index is 0.201. The monoisotopic (exact) mass is 420 g/mol. The highest BCUT2D eigenvalue weighted by molar-refractivity contribution is 5.87. The van der Waals surface area contributed by atoms with Crippen LogP contribution in [0.15, 0.2) is 91.4 Å². The van der Waals surface area contributed by atoms with Crippen LogP contribution in [-0.2, 0) is 32.5 Å². The second kappa shape index (κ2) is 11.4. The van der Waals surface area contributed by atoms with E-state index in [9.17, 15) is 9.59 Å². The lowest BCUT2D eigenvalue weighted by Gasteiger charge is -2.02. The second-order valence-electron chi connectivity index (χ2n) is 7.11. The third-order valence-electron chi connectivity index (χ3n) is 4.22. The Labute approximate surface area is 182 Å². The minimum Gasteiger partial charge on any atom is -0.401 e. The van der Waals surface area contributed by atoms with E-state index in [1.54, 1.807) is 18.4 Å². The van der Waals surface area contributed by atoms with Gasteiger partial charge in [-0.3, -0.25) is 0 Å². The molecule has 160 valence electrons. The van der Waals surface area contributed by atoms with E-state index in [1.165, 1.54) is 5.56 Å². The first-order chi connectivity index (χ1) is 14.8. The van der Waals surface area contributed by atoms with E-state index < -0.39 is 0 Å². The van der Waals surface area contributed by atoms with E-state index in [0.717, 1.165) is 10.9 Å². The fraction of sp³-hybridized carbons (Fsp3) is 0.200. The lowest BCUT2D eigenvalue weighted by atomic mass is 10.2. The normalized spacial score (nSPS) is 9.90.